The number of ether oxygens (including phenoxy) is 1. The van der Waals surface area contributed by atoms with E-state index in [4.69, 9.17) is 9.53 Å². The van der Waals surface area contributed by atoms with Crippen molar-refractivity contribution in [1.82, 2.24) is 19.8 Å². The Hall–Kier alpha value is -3.46. The van der Waals surface area contributed by atoms with E-state index in [1.807, 2.05) is 37.1 Å². The van der Waals surface area contributed by atoms with Crippen molar-refractivity contribution >= 4 is 42.9 Å². The summed E-state index contributed by atoms with van der Waals surface area (Å²) in [7, 11) is 4.98. The van der Waals surface area contributed by atoms with Crippen molar-refractivity contribution < 1.29 is 27.1 Å². The molecule has 3 heterocycles. The first-order chi connectivity index (χ1) is 19.1. The molecule has 1 saturated heterocycles. The van der Waals surface area contributed by atoms with Crippen LogP contribution in [-0.2, 0) is 4.79 Å². The van der Waals surface area contributed by atoms with E-state index in [9.17, 15) is 17.6 Å². The number of alkyl halides is 4. The molecule has 4 rings (SSSR count). The van der Waals surface area contributed by atoms with E-state index < -0.39 is 32.2 Å². The van der Waals surface area contributed by atoms with Crippen molar-refractivity contribution in [1.29, 1.82) is 0 Å². The van der Waals surface area contributed by atoms with Crippen LogP contribution in [0.15, 0.2) is 36.4 Å². The van der Waals surface area contributed by atoms with Gasteiger partial charge in [0.05, 0.1) is 0 Å². The van der Waals surface area contributed by atoms with Gasteiger partial charge in [0.25, 0.3) is 0 Å². The topological polar surface area (TPSA) is 82.9 Å². The van der Waals surface area contributed by atoms with Gasteiger partial charge in [-0.25, -0.2) is 0 Å². The zero-order valence-corrected chi connectivity index (χ0v) is 24.3. The third-order valence-electron chi connectivity index (χ3n) is 5.95. The van der Waals surface area contributed by atoms with Crippen molar-refractivity contribution in [3.8, 4) is 17.6 Å². The molecular formula is C27H32F4N6O2Se. The van der Waals surface area contributed by atoms with Gasteiger partial charge in [0.15, 0.2) is 0 Å². The molecule has 1 fully saturated rings. The summed E-state index contributed by atoms with van der Waals surface area (Å²) < 4.78 is 61.8. The molecule has 0 saturated carbocycles. The number of fused-ring (bicyclic) bond motifs is 1. The summed E-state index contributed by atoms with van der Waals surface area (Å²) in [5, 5.41) is 8.58. The first-order valence-electron chi connectivity index (χ1n) is 12.4. The number of aryl methyl sites for hydroxylation is 1. The fourth-order valence-corrected chi connectivity index (χ4v) is 5.52. The van der Waals surface area contributed by atoms with E-state index >= 15 is 0 Å². The Morgan fingerprint density at radius 3 is 2.67 bits per heavy atom. The number of hydrogen-bond donors (Lipinski definition) is 3. The van der Waals surface area contributed by atoms with Gasteiger partial charge in [-0.05, 0) is 0 Å². The molecule has 0 radical (unpaired) electrons. The molecule has 1 amide bonds. The first kappa shape index (κ1) is 31.1. The van der Waals surface area contributed by atoms with Gasteiger partial charge < -0.3 is 5.32 Å². The molecule has 1 aliphatic heterocycles. The summed E-state index contributed by atoms with van der Waals surface area (Å²) >= 11 is -1.85. The summed E-state index contributed by atoms with van der Waals surface area (Å²) in [6.07, 6.45) is 0.104. The third kappa shape index (κ3) is 8.52. The number of carbonyl (C=O) groups excluding carboxylic acids is 1. The molecule has 2 aromatic heterocycles. The van der Waals surface area contributed by atoms with E-state index in [0.717, 1.165) is 17.8 Å². The molecular weight excluding hydrogens is 595 g/mol. The molecule has 216 valence electrons. The minimum atomic E-state index is -4.37. The SMILES string of the molecule is CNC=O.COc1ccc(C)cc1NCC#Cc1nn2c(NC3CCN(C)CC3F)cccc2c1[Se]C(F)(F)F. The number of methoxy groups -OCH3 is 1. The fourth-order valence-electron chi connectivity index (χ4n) is 4.09. The van der Waals surface area contributed by atoms with Crippen molar-refractivity contribution in [3.05, 3.63) is 47.7 Å². The van der Waals surface area contributed by atoms with Crippen LogP contribution in [0.3, 0.4) is 0 Å². The summed E-state index contributed by atoms with van der Waals surface area (Å²) in [5.41, 5.74) is 2.16. The van der Waals surface area contributed by atoms with Crippen LogP contribution in [0.4, 0.5) is 29.1 Å². The Balaban J connectivity index is 0.00000103. The molecule has 13 heteroatoms. The second-order valence-electron chi connectivity index (χ2n) is 9.02. The van der Waals surface area contributed by atoms with Crippen molar-refractivity contribution in [2.24, 2.45) is 0 Å². The van der Waals surface area contributed by atoms with Crippen LogP contribution in [0.1, 0.15) is 17.7 Å². The second kappa shape index (κ2) is 14.3. The number of piperidine rings is 1. The standard InChI is InChI=1S/C25H27F4N5OSe.C2H5NO/c1-16-9-10-22(35-3)20(14-16)30-12-5-6-19-24(36-25(27,28)29)21-7-4-8-23(34(21)32-19)31-18-11-13-33(2)15-17(18)26;1-3-2-4/h4,7-10,14,17-18,30-31H,11-13,15H2,1-3H3;2H,1H3,(H,3,4). The van der Waals surface area contributed by atoms with Gasteiger partial charge in [0.1, 0.15) is 0 Å². The number of carbonyl (C=O) groups is 1. The molecule has 3 aromatic rings. The number of nitrogens with zero attached hydrogens (tertiary/aromatic N) is 3. The number of benzene rings is 1. The molecule has 3 N–H and O–H groups in total. The van der Waals surface area contributed by atoms with Gasteiger partial charge in [0.2, 0.25) is 6.41 Å². The maximum absolute atomic E-state index is 14.6. The quantitative estimate of drug-likeness (QED) is 0.162. The average Bonchev–Trinajstić information content (AvgIpc) is 3.25. The van der Waals surface area contributed by atoms with E-state index in [-0.39, 0.29) is 16.7 Å². The summed E-state index contributed by atoms with van der Waals surface area (Å²) in [6, 6.07) is 10.1. The zero-order valence-electron chi connectivity index (χ0n) is 22.6. The number of likely N-dealkylation sites (tertiary alicyclic amines) is 1. The Labute approximate surface area is 237 Å². The number of amides is 1. The zero-order chi connectivity index (χ0) is 29.3. The number of rotatable bonds is 7. The molecule has 0 bridgehead atoms. The summed E-state index contributed by atoms with van der Waals surface area (Å²) in [5.74, 6) is 6.79. The van der Waals surface area contributed by atoms with Crippen LogP contribution in [0.25, 0.3) is 5.52 Å². The van der Waals surface area contributed by atoms with Crippen LogP contribution >= 0.6 is 0 Å². The molecule has 8 nitrogen and oxygen atoms in total. The second-order valence-corrected chi connectivity index (χ2v) is 11.3. The third-order valence-corrected chi connectivity index (χ3v) is 7.71. The van der Waals surface area contributed by atoms with Crippen LogP contribution in [0, 0.1) is 18.8 Å². The summed E-state index contributed by atoms with van der Waals surface area (Å²) in [6.45, 7) is 3.16. The summed E-state index contributed by atoms with van der Waals surface area (Å²) in [4.78, 5) is 11.0. The van der Waals surface area contributed by atoms with Crippen molar-refractivity contribution in [2.75, 3.05) is 51.5 Å². The van der Waals surface area contributed by atoms with Crippen LogP contribution in [0.2, 0.25) is 0 Å². The number of anilines is 2. The van der Waals surface area contributed by atoms with Crippen molar-refractivity contribution in [3.63, 3.8) is 0 Å². The number of nitrogens with one attached hydrogen (secondary N) is 3. The molecule has 1 aliphatic rings. The Bertz CT molecular complexity index is 1350. The van der Waals surface area contributed by atoms with Gasteiger partial charge in [-0.2, -0.15) is 0 Å². The van der Waals surface area contributed by atoms with Crippen LogP contribution in [0.5, 0.6) is 5.75 Å². The van der Waals surface area contributed by atoms with E-state index in [1.54, 1.807) is 32.4 Å². The average molecular weight is 628 g/mol. The Kier molecular flexibility index (Phi) is 11.1. The normalized spacial score (nSPS) is 17.2. The molecule has 40 heavy (non-hydrogen) atoms. The maximum atomic E-state index is 14.6. The van der Waals surface area contributed by atoms with E-state index in [1.165, 1.54) is 4.52 Å². The van der Waals surface area contributed by atoms with Gasteiger partial charge in [-0.1, -0.05) is 0 Å². The molecule has 1 aromatic carbocycles. The van der Waals surface area contributed by atoms with Gasteiger partial charge >= 0.3 is 214 Å². The molecule has 0 aliphatic carbocycles. The number of aromatic nitrogens is 2. The molecule has 2 atom stereocenters. The predicted octanol–water partition coefficient (Wildman–Crippen LogP) is 2.78. The Morgan fingerprint density at radius 1 is 1.27 bits per heavy atom. The van der Waals surface area contributed by atoms with Crippen LogP contribution in [-0.4, -0.2) is 94.0 Å². The molecule has 2 unspecified atom stereocenters. The fraction of sp³-hybridized carbons (Fsp3) is 0.407. The van der Waals surface area contributed by atoms with E-state index in [2.05, 4.69) is 32.9 Å². The predicted molar refractivity (Wildman–Crippen MR) is 149 cm³/mol. The van der Waals surface area contributed by atoms with E-state index in [0.29, 0.717) is 36.5 Å². The van der Waals surface area contributed by atoms with Crippen molar-refractivity contribution in [2.45, 2.75) is 30.6 Å². The monoisotopic (exact) mass is 628 g/mol. The number of hydrogen-bond acceptors (Lipinski definition) is 6. The van der Waals surface area contributed by atoms with Gasteiger partial charge in [-0.3, -0.25) is 4.79 Å². The van der Waals surface area contributed by atoms with Gasteiger partial charge in [0, 0.05) is 7.05 Å². The number of halogens is 4. The van der Waals surface area contributed by atoms with Crippen LogP contribution < -0.4 is 25.1 Å². The first-order valence-corrected chi connectivity index (χ1v) is 14.1. The number of pyridine rings is 1. The Morgan fingerprint density at radius 2 is 2.02 bits per heavy atom. The van der Waals surface area contributed by atoms with Gasteiger partial charge in [-0.15, -0.1) is 0 Å². The molecule has 0 spiro atoms. The minimum absolute atomic E-state index is 0.0551.